The predicted octanol–water partition coefficient (Wildman–Crippen LogP) is -0.944. The fourth-order valence-corrected chi connectivity index (χ4v) is 1.47. The Kier molecular flexibility index (Phi) is 2.86. The fraction of sp³-hybridized carbons (Fsp3) is 0.444. The Morgan fingerprint density at radius 3 is 2.94 bits per heavy atom. The van der Waals surface area contributed by atoms with Crippen LogP contribution in [0.1, 0.15) is 23.8 Å². The van der Waals surface area contributed by atoms with E-state index >= 15 is 0 Å². The van der Waals surface area contributed by atoms with E-state index < -0.39 is 5.91 Å². The van der Waals surface area contributed by atoms with Crippen LogP contribution in [0.15, 0.2) is 11.1 Å². The first-order chi connectivity index (χ1) is 8.19. The molecule has 0 atom stereocenters. The summed E-state index contributed by atoms with van der Waals surface area (Å²) in [6.07, 6.45) is 2.06. The van der Waals surface area contributed by atoms with Crippen LogP contribution >= 0.6 is 0 Å². The Hall–Kier alpha value is -2.25. The van der Waals surface area contributed by atoms with Crippen molar-refractivity contribution in [1.82, 2.24) is 29.7 Å². The number of rotatable bonds is 3. The van der Waals surface area contributed by atoms with Crippen LogP contribution in [0.25, 0.3) is 5.65 Å². The minimum atomic E-state index is -0.394. The van der Waals surface area contributed by atoms with E-state index in [2.05, 4.69) is 20.6 Å². The molecule has 0 aliphatic rings. The summed E-state index contributed by atoms with van der Waals surface area (Å²) in [6, 6.07) is 0. The van der Waals surface area contributed by atoms with E-state index in [1.807, 2.05) is 6.92 Å². The fourth-order valence-electron chi connectivity index (χ4n) is 1.47. The summed E-state index contributed by atoms with van der Waals surface area (Å²) in [7, 11) is 1.49. The van der Waals surface area contributed by atoms with Gasteiger partial charge in [-0.3, -0.25) is 4.79 Å². The number of fused-ring (bicyclic) bond motifs is 1. The maximum Gasteiger partial charge on any atom is 0.352 e. The van der Waals surface area contributed by atoms with Crippen LogP contribution in [0, 0.1) is 0 Å². The van der Waals surface area contributed by atoms with Crippen LogP contribution in [0.4, 0.5) is 0 Å². The van der Waals surface area contributed by atoms with E-state index in [0.29, 0.717) is 6.54 Å². The lowest BCUT2D eigenvalue weighted by Crippen LogP contribution is -2.30. The average Bonchev–Trinajstić information content (AvgIpc) is 2.76. The number of hydrogen-bond acceptors (Lipinski definition) is 5. The zero-order valence-corrected chi connectivity index (χ0v) is 9.54. The topological polar surface area (TPSA) is 94.2 Å². The number of carbonyl (C=O) groups is 1. The first kappa shape index (κ1) is 11.2. The lowest BCUT2D eigenvalue weighted by atomic mass is 10.4. The molecule has 2 aromatic heterocycles. The van der Waals surface area contributed by atoms with Crippen molar-refractivity contribution in [1.29, 1.82) is 0 Å². The van der Waals surface area contributed by atoms with Crippen LogP contribution in [-0.4, -0.2) is 37.3 Å². The molecule has 2 heterocycles. The van der Waals surface area contributed by atoms with E-state index in [1.165, 1.54) is 22.5 Å². The van der Waals surface area contributed by atoms with Crippen molar-refractivity contribution in [3.63, 3.8) is 0 Å². The van der Waals surface area contributed by atoms with Gasteiger partial charge >= 0.3 is 5.69 Å². The number of carbonyl (C=O) groups excluding carboxylic acids is 1. The number of aromatic nitrogens is 5. The molecule has 8 nitrogen and oxygen atoms in total. The SMILES string of the molecule is CCCn1nnc2c(C(=O)NC)ncn2c1=O. The van der Waals surface area contributed by atoms with Gasteiger partial charge in [0.2, 0.25) is 0 Å². The Labute approximate surface area is 96.3 Å². The van der Waals surface area contributed by atoms with E-state index in [1.54, 1.807) is 0 Å². The van der Waals surface area contributed by atoms with Crippen LogP contribution in [0.5, 0.6) is 0 Å². The van der Waals surface area contributed by atoms with Gasteiger partial charge in [0.15, 0.2) is 11.3 Å². The maximum atomic E-state index is 11.9. The number of nitrogens with one attached hydrogen (secondary N) is 1. The van der Waals surface area contributed by atoms with Crippen molar-refractivity contribution >= 4 is 11.6 Å². The molecule has 1 amide bonds. The van der Waals surface area contributed by atoms with Crippen molar-refractivity contribution in [2.24, 2.45) is 0 Å². The molecule has 0 unspecified atom stereocenters. The maximum absolute atomic E-state index is 11.9. The third kappa shape index (κ3) is 1.77. The molecule has 0 saturated carbocycles. The summed E-state index contributed by atoms with van der Waals surface area (Å²) in [5, 5.41) is 10.0. The van der Waals surface area contributed by atoms with E-state index in [0.717, 1.165) is 6.42 Å². The van der Waals surface area contributed by atoms with Gasteiger partial charge in [0.25, 0.3) is 5.91 Å². The number of hydrogen-bond donors (Lipinski definition) is 1. The number of aryl methyl sites for hydroxylation is 1. The minimum absolute atomic E-state index is 0.0979. The summed E-state index contributed by atoms with van der Waals surface area (Å²) in [4.78, 5) is 27.2. The van der Waals surface area contributed by atoms with Gasteiger partial charge in [-0.05, 0) is 6.42 Å². The Bertz CT molecular complexity index is 613. The quantitative estimate of drug-likeness (QED) is 0.741. The zero-order valence-electron chi connectivity index (χ0n) is 9.54. The van der Waals surface area contributed by atoms with Crippen LogP contribution in [-0.2, 0) is 6.54 Å². The van der Waals surface area contributed by atoms with Crippen molar-refractivity contribution in [3.8, 4) is 0 Å². The molecule has 90 valence electrons. The summed E-state index contributed by atoms with van der Waals surface area (Å²) < 4.78 is 2.45. The first-order valence-electron chi connectivity index (χ1n) is 5.22. The molecule has 0 bridgehead atoms. The predicted molar refractivity (Wildman–Crippen MR) is 58.7 cm³/mol. The Morgan fingerprint density at radius 1 is 1.53 bits per heavy atom. The standard InChI is InChI=1S/C9H12N6O2/c1-3-4-15-9(17)14-5-11-6(8(16)10-2)7(14)12-13-15/h5H,3-4H2,1-2H3,(H,10,16). The molecule has 2 rings (SSSR count). The summed E-state index contributed by atoms with van der Waals surface area (Å²) in [5.41, 5.74) is -0.0815. The van der Waals surface area contributed by atoms with Gasteiger partial charge in [0.1, 0.15) is 6.33 Å². The average molecular weight is 236 g/mol. The second-order valence-corrected chi connectivity index (χ2v) is 3.46. The third-order valence-corrected chi connectivity index (χ3v) is 2.29. The molecule has 0 radical (unpaired) electrons. The van der Waals surface area contributed by atoms with Crippen molar-refractivity contribution in [2.45, 2.75) is 19.9 Å². The monoisotopic (exact) mass is 236 g/mol. The summed E-state index contributed by atoms with van der Waals surface area (Å²) >= 11 is 0. The van der Waals surface area contributed by atoms with Gasteiger partial charge in [-0.25, -0.2) is 14.2 Å². The van der Waals surface area contributed by atoms with Gasteiger partial charge in [-0.1, -0.05) is 12.1 Å². The Balaban J connectivity index is 2.62. The molecule has 2 aromatic rings. The molecule has 0 spiro atoms. The van der Waals surface area contributed by atoms with Gasteiger partial charge in [-0.2, -0.15) is 4.68 Å². The van der Waals surface area contributed by atoms with Gasteiger partial charge in [0.05, 0.1) is 0 Å². The van der Waals surface area contributed by atoms with E-state index in [9.17, 15) is 9.59 Å². The van der Waals surface area contributed by atoms with Gasteiger partial charge in [0, 0.05) is 13.6 Å². The molecule has 0 aliphatic carbocycles. The second kappa shape index (κ2) is 4.32. The molecular formula is C9H12N6O2. The second-order valence-electron chi connectivity index (χ2n) is 3.46. The first-order valence-corrected chi connectivity index (χ1v) is 5.22. The van der Waals surface area contributed by atoms with Crippen LogP contribution < -0.4 is 11.0 Å². The number of imidazole rings is 1. The molecule has 17 heavy (non-hydrogen) atoms. The highest BCUT2D eigenvalue weighted by atomic mass is 16.2. The third-order valence-electron chi connectivity index (χ3n) is 2.29. The summed E-state index contributed by atoms with van der Waals surface area (Å²) in [5.74, 6) is -0.394. The number of amides is 1. The Morgan fingerprint density at radius 2 is 2.29 bits per heavy atom. The largest absolute Gasteiger partial charge is 0.354 e. The highest BCUT2D eigenvalue weighted by molar-refractivity contribution is 5.97. The molecule has 0 saturated heterocycles. The highest BCUT2D eigenvalue weighted by Crippen LogP contribution is 2.01. The lowest BCUT2D eigenvalue weighted by molar-refractivity contribution is 0.0960. The van der Waals surface area contributed by atoms with Crippen molar-refractivity contribution < 1.29 is 4.79 Å². The minimum Gasteiger partial charge on any atom is -0.354 e. The lowest BCUT2D eigenvalue weighted by Gasteiger charge is -2.01. The zero-order chi connectivity index (χ0) is 12.4. The summed E-state index contributed by atoms with van der Waals surface area (Å²) in [6.45, 7) is 2.41. The normalized spacial score (nSPS) is 10.7. The van der Waals surface area contributed by atoms with Crippen molar-refractivity contribution in [3.05, 3.63) is 22.5 Å². The van der Waals surface area contributed by atoms with Crippen LogP contribution in [0.2, 0.25) is 0 Å². The van der Waals surface area contributed by atoms with Gasteiger partial charge in [-0.15, -0.1) is 5.10 Å². The molecular weight excluding hydrogens is 224 g/mol. The number of nitrogens with zero attached hydrogens (tertiary/aromatic N) is 5. The molecule has 0 fully saturated rings. The molecule has 1 N–H and O–H groups in total. The van der Waals surface area contributed by atoms with Crippen molar-refractivity contribution in [2.75, 3.05) is 7.05 Å². The van der Waals surface area contributed by atoms with Crippen LogP contribution in [0.3, 0.4) is 0 Å². The highest BCUT2D eigenvalue weighted by Gasteiger charge is 2.15. The van der Waals surface area contributed by atoms with Gasteiger partial charge < -0.3 is 5.32 Å². The van der Waals surface area contributed by atoms with E-state index in [4.69, 9.17) is 0 Å². The molecule has 8 heteroatoms. The smallest absolute Gasteiger partial charge is 0.352 e. The molecule has 0 aliphatic heterocycles. The molecule has 0 aromatic carbocycles. The van der Waals surface area contributed by atoms with E-state index in [-0.39, 0.29) is 17.0 Å².